The van der Waals surface area contributed by atoms with Gasteiger partial charge < -0.3 is 10.7 Å². The van der Waals surface area contributed by atoms with Gasteiger partial charge >= 0.3 is 0 Å². The lowest BCUT2D eigenvalue weighted by molar-refractivity contribution is 0.103. The number of nitrogens with two attached hydrogens (primary N) is 1. The molecule has 24 heavy (non-hydrogen) atoms. The average Bonchev–Trinajstić information content (AvgIpc) is 3.04. The van der Waals surface area contributed by atoms with Crippen molar-refractivity contribution >= 4 is 23.1 Å². The summed E-state index contributed by atoms with van der Waals surface area (Å²) in [5.74, 6) is -0.800. The Morgan fingerprint density at radius 2 is 1.92 bits per heavy atom. The molecule has 3 rings (SSSR count). The second kappa shape index (κ2) is 6.49. The summed E-state index contributed by atoms with van der Waals surface area (Å²) in [6.07, 6.45) is 0. The first-order chi connectivity index (χ1) is 11.5. The van der Waals surface area contributed by atoms with Crippen LogP contribution in [0.25, 0.3) is 0 Å². The number of hydrogen-bond acceptors (Lipinski definition) is 2. The number of aromatic amines is 1. The van der Waals surface area contributed by atoms with E-state index in [1.165, 1.54) is 6.07 Å². The molecule has 0 amide bonds. The molecule has 0 fully saturated rings. The smallest absolute Gasteiger partial charge is 0.210 e. The zero-order valence-electron chi connectivity index (χ0n) is 13.0. The van der Waals surface area contributed by atoms with E-state index in [4.69, 9.17) is 17.3 Å². The van der Waals surface area contributed by atoms with Gasteiger partial charge in [0.2, 0.25) is 5.78 Å². The first-order valence-electron chi connectivity index (χ1n) is 7.50. The van der Waals surface area contributed by atoms with E-state index in [-0.39, 0.29) is 17.5 Å². The highest BCUT2D eigenvalue weighted by molar-refractivity contribution is 6.34. The zero-order valence-corrected chi connectivity index (χ0v) is 13.8. The zero-order chi connectivity index (χ0) is 17.3. The first kappa shape index (κ1) is 16.3. The maximum absolute atomic E-state index is 14.1. The van der Waals surface area contributed by atoms with Crippen molar-refractivity contribution in [3.63, 3.8) is 0 Å². The number of anilines is 1. The number of carbonyl (C=O) groups excluding carboxylic acids is 1. The lowest BCUT2D eigenvalue weighted by Gasteiger charge is -2.12. The van der Waals surface area contributed by atoms with Crippen molar-refractivity contribution in [2.45, 2.75) is 12.8 Å². The number of hydrogen-bond donors (Lipinski definition) is 2. The minimum absolute atomic E-state index is 0.197. The monoisotopic (exact) mass is 342 g/mol. The highest BCUT2D eigenvalue weighted by Crippen LogP contribution is 2.28. The maximum atomic E-state index is 14.1. The highest BCUT2D eigenvalue weighted by Gasteiger charge is 2.18. The van der Waals surface area contributed by atoms with E-state index in [2.05, 4.69) is 4.98 Å². The molecule has 1 unspecified atom stereocenters. The molecule has 0 aliphatic rings. The number of aromatic nitrogens is 1. The lowest BCUT2D eigenvalue weighted by Crippen LogP contribution is -2.05. The molecular formula is C19H16ClFN2O. The summed E-state index contributed by atoms with van der Waals surface area (Å²) < 4.78 is 14.1. The number of carbonyl (C=O) groups is 1. The largest absolute Gasteiger partial charge is 0.399 e. The summed E-state index contributed by atoms with van der Waals surface area (Å²) in [6, 6.07) is 15.0. The van der Waals surface area contributed by atoms with Gasteiger partial charge in [-0.2, -0.15) is 0 Å². The molecule has 0 saturated carbocycles. The van der Waals surface area contributed by atoms with Gasteiger partial charge in [-0.05, 0) is 42.0 Å². The van der Waals surface area contributed by atoms with Crippen LogP contribution in [-0.4, -0.2) is 10.8 Å². The van der Waals surface area contributed by atoms with Crippen LogP contribution in [0.1, 0.15) is 40.2 Å². The maximum Gasteiger partial charge on any atom is 0.210 e. The molecular weight excluding hydrogens is 327 g/mol. The number of halogens is 2. The summed E-state index contributed by atoms with van der Waals surface area (Å²) in [7, 11) is 0. The van der Waals surface area contributed by atoms with Crippen LogP contribution in [0.4, 0.5) is 10.1 Å². The van der Waals surface area contributed by atoms with Gasteiger partial charge in [0, 0.05) is 22.9 Å². The standard InChI is InChI=1S/C19H16ClFN2O/c1-11(13-7-6-12(22)10-16(13)21)17-8-9-18(23-17)19(24)14-4-2-3-5-15(14)20/h2-11,23H,22H2,1H3. The number of nitrogens with one attached hydrogen (secondary N) is 1. The van der Waals surface area contributed by atoms with E-state index >= 15 is 0 Å². The number of rotatable bonds is 4. The third kappa shape index (κ3) is 3.05. The third-order valence-electron chi connectivity index (χ3n) is 4.03. The Hall–Kier alpha value is -2.59. The molecule has 1 aromatic heterocycles. The van der Waals surface area contributed by atoms with Gasteiger partial charge in [-0.15, -0.1) is 0 Å². The predicted molar refractivity (Wildman–Crippen MR) is 94.0 cm³/mol. The Bertz CT molecular complexity index is 904. The SMILES string of the molecule is CC(c1ccc(C(=O)c2ccccc2Cl)[nH]1)c1ccc(N)cc1F. The van der Waals surface area contributed by atoms with Crippen molar-refractivity contribution < 1.29 is 9.18 Å². The van der Waals surface area contributed by atoms with Crippen LogP contribution in [0.2, 0.25) is 5.02 Å². The molecule has 0 saturated heterocycles. The highest BCUT2D eigenvalue weighted by atomic mass is 35.5. The van der Waals surface area contributed by atoms with Crippen LogP contribution >= 0.6 is 11.6 Å². The summed E-state index contributed by atoms with van der Waals surface area (Å²) in [5, 5.41) is 0.399. The second-order valence-corrected chi connectivity index (χ2v) is 6.05. The molecule has 0 radical (unpaired) electrons. The molecule has 5 heteroatoms. The van der Waals surface area contributed by atoms with E-state index in [1.807, 2.05) is 6.92 Å². The number of ketones is 1. The molecule has 3 nitrogen and oxygen atoms in total. The minimum atomic E-state index is -0.365. The van der Waals surface area contributed by atoms with Gasteiger partial charge in [0.05, 0.1) is 10.7 Å². The Morgan fingerprint density at radius 1 is 1.17 bits per heavy atom. The van der Waals surface area contributed by atoms with E-state index < -0.39 is 0 Å². The van der Waals surface area contributed by atoms with Crippen molar-refractivity contribution in [3.8, 4) is 0 Å². The molecule has 2 aromatic carbocycles. The fourth-order valence-corrected chi connectivity index (χ4v) is 2.87. The van der Waals surface area contributed by atoms with Crippen molar-refractivity contribution in [1.82, 2.24) is 4.98 Å². The molecule has 0 bridgehead atoms. The van der Waals surface area contributed by atoms with Gasteiger partial charge in [0.25, 0.3) is 0 Å². The predicted octanol–water partition coefficient (Wildman–Crippen LogP) is 4.77. The van der Waals surface area contributed by atoms with Crippen molar-refractivity contribution in [2.75, 3.05) is 5.73 Å². The molecule has 122 valence electrons. The normalized spacial score (nSPS) is 12.1. The average molecular weight is 343 g/mol. The first-order valence-corrected chi connectivity index (χ1v) is 7.88. The van der Waals surface area contributed by atoms with E-state index in [9.17, 15) is 9.18 Å². The van der Waals surface area contributed by atoms with Crippen LogP contribution < -0.4 is 5.73 Å². The summed E-state index contributed by atoms with van der Waals surface area (Å²) in [5.41, 5.74) is 8.07. The van der Waals surface area contributed by atoms with Crippen LogP contribution in [0.15, 0.2) is 54.6 Å². The van der Waals surface area contributed by atoms with E-state index in [0.29, 0.717) is 27.5 Å². The molecule has 3 aromatic rings. The molecule has 0 spiro atoms. The van der Waals surface area contributed by atoms with Gasteiger partial charge in [-0.25, -0.2) is 4.39 Å². The van der Waals surface area contributed by atoms with Crippen LogP contribution in [0, 0.1) is 5.82 Å². The van der Waals surface area contributed by atoms with Crippen molar-refractivity contribution in [3.05, 3.63) is 88.0 Å². The van der Waals surface area contributed by atoms with Gasteiger partial charge in [-0.1, -0.05) is 36.7 Å². The molecule has 3 N–H and O–H groups in total. The fourth-order valence-electron chi connectivity index (χ4n) is 2.65. The van der Waals surface area contributed by atoms with Gasteiger partial charge in [0.1, 0.15) is 5.82 Å². The molecule has 1 heterocycles. The molecule has 0 aliphatic heterocycles. The quantitative estimate of drug-likeness (QED) is 0.530. The summed E-state index contributed by atoms with van der Waals surface area (Å²) >= 11 is 6.07. The lowest BCUT2D eigenvalue weighted by atomic mass is 9.97. The minimum Gasteiger partial charge on any atom is -0.399 e. The fraction of sp³-hybridized carbons (Fsp3) is 0.105. The van der Waals surface area contributed by atoms with Crippen LogP contribution in [0.5, 0.6) is 0 Å². The summed E-state index contributed by atoms with van der Waals surface area (Å²) in [6.45, 7) is 1.87. The Morgan fingerprint density at radius 3 is 2.62 bits per heavy atom. The second-order valence-electron chi connectivity index (χ2n) is 5.64. The topological polar surface area (TPSA) is 58.9 Å². The third-order valence-corrected chi connectivity index (χ3v) is 4.36. The van der Waals surface area contributed by atoms with Crippen molar-refractivity contribution in [1.29, 1.82) is 0 Å². The van der Waals surface area contributed by atoms with Gasteiger partial charge in [0.15, 0.2) is 0 Å². The van der Waals surface area contributed by atoms with Crippen LogP contribution in [0.3, 0.4) is 0 Å². The Kier molecular flexibility index (Phi) is 4.40. The van der Waals surface area contributed by atoms with E-state index in [1.54, 1.807) is 48.5 Å². The Balaban J connectivity index is 1.90. The van der Waals surface area contributed by atoms with Crippen molar-refractivity contribution in [2.24, 2.45) is 0 Å². The number of H-pyrrole nitrogens is 1. The van der Waals surface area contributed by atoms with Gasteiger partial charge in [-0.3, -0.25) is 4.79 Å². The Labute approximate surface area is 144 Å². The number of benzene rings is 2. The summed E-state index contributed by atoms with van der Waals surface area (Å²) in [4.78, 5) is 15.6. The number of nitrogen functional groups attached to an aromatic ring is 1. The van der Waals surface area contributed by atoms with Crippen LogP contribution in [-0.2, 0) is 0 Å². The van der Waals surface area contributed by atoms with E-state index in [0.717, 1.165) is 5.69 Å². The molecule has 0 aliphatic carbocycles. The molecule has 1 atom stereocenters.